The van der Waals surface area contributed by atoms with Crippen LogP contribution in [0.2, 0.25) is 0 Å². The van der Waals surface area contributed by atoms with Gasteiger partial charge < -0.3 is 0 Å². The minimum absolute atomic E-state index is 0.145. The molecule has 0 saturated heterocycles. The first kappa shape index (κ1) is 24.6. The average Bonchev–Trinajstić information content (AvgIpc) is 2.93. The van der Waals surface area contributed by atoms with E-state index in [1.165, 1.54) is 5.56 Å². The molecule has 6 heteroatoms. The molecule has 0 unspecified atom stereocenters. The molecule has 0 radical (unpaired) electrons. The van der Waals surface area contributed by atoms with Crippen molar-refractivity contribution < 1.29 is 13.6 Å². The molecule has 4 aromatic carbocycles. The first-order valence-electron chi connectivity index (χ1n) is 11.6. The minimum atomic E-state index is -3.76. The third-order valence-electron chi connectivity index (χ3n) is 5.29. The molecule has 0 spiro atoms. The number of rotatable bonds is 11. The summed E-state index contributed by atoms with van der Waals surface area (Å²) < 4.78 is 25.7. The van der Waals surface area contributed by atoms with Crippen LogP contribution in [0, 0.1) is 0 Å². The van der Waals surface area contributed by atoms with Crippen molar-refractivity contribution in [3.8, 4) is 0 Å². The van der Waals surface area contributed by atoms with Gasteiger partial charge in [-0.05, 0) is 23.1 Å². The molecule has 0 saturated carbocycles. The molecule has 0 aliphatic rings. The van der Waals surface area contributed by atoms with Gasteiger partial charge in [0.15, 0.2) is 0 Å². The molecular formula is C29H29N2O3P. The average molecular weight is 485 g/mol. The van der Waals surface area contributed by atoms with Gasteiger partial charge in [-0.2, -0.15) is 0 Å². The summed E-state index contributed by atoms with van der Waals surface area (Å²) in [6.45, 7) is 0.816. The first-order chi connectivity index (χ1) is 17.2. The molecule has 0 fully saturated rings. The second-order valence-electron chi connectivity index (χ2n) is 7.96. The highest BCUT2D eigenvalue weighted by molar-refractivity contribution is 7.52. The predicted octanol–water partition coefficient (Wildman–Crippen LogP) is 6.81. The molecule has 0 heterocycles. The topological polar surface area (TPSA) is 59.9 Å². The van der Waals surface area contributed by atoms with E-state index in [4.69, 9.17) is 14.0 Å². The maximum atomic E-state index is 13.9. The van der Waals surface area contributed by atoms with Crippen LogP contribution in [0.25, 0.3) is 0 Å². The fraction of sp³-hybridized carbons (Fsp3) is 0.138. The number of nitrogens with one attached hydrogen (secondary N) is 1. The summed E-state index contributed by atoms with van der Waals surface area (Å²) in [5, 5.41) is 3.03. The van der Waals surface area contributed by atoms with Crippen LogP contribution >= 0.6 is 7.75 Å². The maximum Gasteiger partial charge on any atom is 0.434 e. The zero-order chi connectivity index (χ0) is 24.2. The van der Waals surface area contributed by atoms with E-state index in [1.807, 2.05) is 109 Å². The van der Waals surface area contributed by atoms with Gasteiger partial charge >= 0.3 is 7.75 Å². The maximum absolute atomic E-state index is 13.9. The van der Waals surface area contributed by atoms with E-state index < -0.39 is 7.75 Å². The summed E-state index contributed by atoms with van der Waals surface area (Å²) >= 11 is 0. The summed E-state index contributed by atoms with van der Waals surface area (Å²) in [5.41, 5.74) is 3.81. The molecule has 4 aromatic rings. The van der Waals surface area contributed by atoms with Gasteiger partial charge in [0.1, 0.15) is 5.84 Å². The van der Waals surface area contributed by atoms with Crippen molar-refractivity contribution in [3.63, 3.8) is 0 Å². The van der Waals surface area contributed by atoms with Crippen LogP contribution in [0.3, 0.4) is 0 Å². The van der Waals surface area contributed by atoms with Gasteiger partial charge in [0.25, 0.3) is 0 Å². The molecule has 0 amide bonds. The van der Waals surface area contributed by atoms with Gasteiger partial charge in [-0.3, -0.25) is 19.1 Å². The first-order valence-corrected chi connectivity index (χ1v) is 13.1. The number of nitrogens with zero attached hydrogens (tertiary/aromatic N) is 1. The molecule has 0 aromatic heterocycles. The Bertz CT molecular complexity index is 1190. The third-order valence-corrected chi connectivity index (χ3v) is 6.71. The second kappa shape index (κ2) is 12.8. The van der Waals surface area contributed by atoms with E-state index in [2.05, 4.69) is 17.2 Å². The summed E-state index contributed by atoms with van der Waals surface area (Å²) in [6.07, 6.45) is 0.763. The lowest BCUT2D eigenvalue weighted by Crippen LogP contribution is -2.25. The number of amidine groups is 1. The third kappa shape index (κ3) is 8.04. The smallest absolute Gasteiger partial charge is 0.287 e. The number of benzene rings is 4. The Morgan fingerprint density at radius 3 is 1.54 bits per heavy atom. The standard InChI is InChI=1S/C29H29N2O3P/c32-35(33-23-26-15-7-2-8-16-26,34-24-27-17-9-3-10-18-27)31-29(28-19-11-4-12-20-28)30-22-21-25-13-5-1-6-14-25/h1-20H,21-24H2,(H,30,31,32). The molecule has 0 aliphatic carbocycles. The van der Waals surface area contributed by atoms with Crippen LogP contribution in [0.4, 0.5) is 0 Å². The zero-order valence-corrected chi connectivity index (χ0v) is 20.4. The van der Waals surface area contributed by atoms with Crippen molar-refractivity contribution in [3.05, 3.63) is 144 Å². The highest BCUT2D eigenvalue weighted by Crippen LogP contribution is 2.46. The number of hydrogen-bond donors (Lipinski definition) is 1. The Labute approximate surface area is 207 Å². The van der Waals surface area contributed by atoms with E-state index in [9.17, 15) is 4.57 Å². The highest BCUT2D eigenvalue weighted by Gasteiger charge is 2.27. The van der Waals surface area contributed by atoms with E-state index >= 15 is 0 Å². The largest absolute Gasteiger partial charge is 0.434 e. The van der Waals surface area contributed by atoms with Crippen LogP contribution in [-0.4, -0.2) is 12.4 Å². The molecule has 0 atom stereocenters. The molecule has 0 bridgehead atoms. The molecule has 0 aliphatic heterocycles. The lowest BCUT2D eigenvalue weighted by molar-refractivity contribution is 0.187. The second-order valence-corrected chi connectivity index (χ2v) is 9.69. The van der Waals surface area contributed by atoms with Crippen molar-refractivity contribution in [2.45, 2.75) is 19.6 Å². The number of hydrogen-bond acceptors (Lipinski definition) is 4. The molecule has 35 heavy (non-hydrogen) atoms. The highest BCUT2D eigenvalue weighted by atomic mass is 31.2. The molecular weight excluding hydrogens is 455 g/mol. The van der Waals surface area contributed by atoms with Crippen molar-refractivity contribution in [1.29, 1.82) is 0 Å². The normalized spacial score (nSPS) is 11.8. The van der Waals surface area contributed by atoms with Gasteiger partial charge in [0.2, 0.25) is 0 Å². The van der Waals surface area contributed by atoms with Crippen molar-refractivity contribution in [2.75, 3.05) is 6.54 Å². The van der Waals surface area contributed by atoms with Crippen LogP contribution in [-0.2, 0) is 33.2 Å². The van der Waals surface area contributed by atoms with Crippen molar-refractivity contribution >= 4 is 13.6 Å². The van der Waals surface area contributed by atoms with Gasteiger partial charge in [0.05, 0.1) is 13.2 Å². The Morgan fingerprint density at radius 1 is 0.629 bits per heavy atom. The van der Waals surface area contributed by atoms with E-state index in [1.54, 1.807) is 0 Å². The Kier molecular flexibility index (Phi) is 9.02. The summed E-state index contributed by atoms with van der Waals surface area (Å²) in [5.74, 6) is 0.478. The monoisotopic (exact) mass is 484 g/mol. The number of aliphatic imine (C=N–C) groups is 1. The fourth-order valence-corrected chi connectivity index (χ4v) is 4.73. The molecule has 178 valence electrons. The molecule has 4 rings (SSSR count). The van der Waals surface area contributed by atoms with Gasteiger partial charge in [-0.25, -0.2) is 4.57 Å². The quantitative estimate of drug-likeness (QED) is 0.144. The summed E-state index contributed by atoms with van der Waals surface area (Å²) in [6, 6.07) is 39.0. The SMILES string of the molecule is O=P(NC(=NCCc1ccccc1)c1ccccc1)(OCc1ccccc1)OCc1ccccc1. The lowest BCUT2D eigenvalue weighted by Gasteiger charge is -2.21. The Hall–Kier alpha value is -3.50. The predicted molar refractivity (Wildman–Crippen MR) is 141 cm³/mol. The Balaban J connectivity index is 1.55. The zero-order valence-electron chi connectivity index (χ0n) is 19.5. The molecule has 1 N–H and O–H groups in total. The lowest BCUT2D eigenvalue weighted by atomic mass is 10.1. The van der Waals surface area contributed by atoms with Crippen molar-refractivity contribution in [2.24, 2.45) is 4.99 Å². The van der Waals surface area contributed by atoms with Crippen LogP contribution in [0.5, 0.6) is 0 Å². The van der Waals surface area contributed by atoms with Crippen molar-refractivity contribution in [1.82, 2.24) is 5.09 Å². The fourth-order valence-electron chi connectivity index (χ4n) is 3.43. The van der Waals surface area contributed by atoms with Gasteiger partial charge in [-0.15, -0.1) is 0 Å². The van der Waals surface area contributed by atoms with Gasteiger partial charge in [-0.1, -0.05) is 121 Å². The van der Waals surface area contributed by atoms with Crippen LogP contribution in [0.15, 0.2) is 126 Å². The van der Waals surface area contributed by atoms with Crippen LogP contribution < -0.4 is 5.09 Å². The summed E-state index contributed by atoms with van der Waals surface area (Å²) in [7, 11) is -3.76. The van der Waals surface area contributed by atoms with Crippen LogP contribution in [0.1, 0.15) is 22.3 Å². The van der Waals surface area contributed by atoms with E-state index in [-0.39, 0.29) is 13.2 Å². The Morgan fingerprint density at radius 2 is 1.06 bits per heavy atom. The molecule has 5 nitrogen and oxygen atoms in total. The minimum Gasteiger partial charge on any atom is -0.287 e. The van der Waals surface area contributed by atoms with E-state index in [0.717, 1.165) is 23.1 Å². The summed E-state index contributed by atoms with van der Waals surface area (Å²) in [4.78, 5) is 4.76. The van der Waals surface area contributed by atoms with E-state index in [0.29, 0.717) is 12.4 Å². The van der Waals surface area contributed by atoms with Gasteiger partial charge in [0, 0.05) is 12.1 Å².